The lowest BCUT2D eigenvalue weighted by Crippen LogP contribution is -2.16. The lowest BCUT2D eigenvalue weighted by atomic mass is 10.4. The molecule has 82 valence electrons. The summed E-state index contributed by atoms with van der Waals surface area (Å²) in [6.45, 7) is 0. The normalized spacial score (nSPS) is 9.73. The molecule has 0 radical (unpaired) electrons. The minimum Gasteiger partial charge on any atom is -0.323 e. The van der Waals surface area contributed by atoms with Crippen LogP contribution in [0.4, 0.5) is 11.4 Å². The lowest BCUT2D eigenvalue weighted by Gasteiger charge is -2.05. The Labute approximate surface area is 108 Å². The molecule has 0 aliphatic rings. The second kappa shape index (κ2) is 6.24. The van der Waals surface area contributed by atoms with Gasteiger partial charge in [0.1, 0.15) is 0 Å². The van der Waals surface area contributed by atoms with Crippen molar-refractivity contribution < 1.29 is 9.59 Å². The van der Waals surface area contributed by atoms with E-state index < -0.39 is 0 Å². The predicted molar refractivity (Wildman–Crippen MR) is 69.2 cm³/mol. The van der Waals surface area contributed by atoms with E-state index >= 15 is 0 Å². The molecule has 0 aliphatic carbocycles. The summed E-state index contributed by atoms with van der Waals surface area (Å²) in [5, 5.41) is 9.33. The molecule has 0 spiro atoms. The van der Waals surface area contributed by atoms with E-state index in [1.54, 1.807) is 10.8 Å². The summed E-state index contributed by atoms with van der Waals surface area (Å²) in [6, 6.07) is 0. The molecule has 1 rings (SSSR count). The van der Waals surface area contributed by atoms with Crippen molar-refractivity contribution >= 4 is 66.4 Å². The van der Waals surface area contributed by atoms with E-state index in [4.69, 9.17) is 0 Å². The van der Waals surface area contributed by atoms with E-state index in [9.17, 15) is 9.59 Å². The van der Waals surface area contributed by atoms with Crippen LogP contribution in [0.2, 0.25) is 0 Å². The van der Waals surface area contributed by atoms with Crippen LogP contribution in [0.5, 0.6) is 0 Å². The van der Waals surface area contributed by atoms with Crippen molar-refractivity contribution in [3.63, 3.8) is 0 Å². The SMILES string of the molecule is O=C(CBr)Nc1cscc1NC(=O)CBr. The topological polar surface area (TPSA) is 58.2 Å². The summed E-state index contributed by atoms with van der Waals surface area (Å²) < 4.78 is 0. The van der Waals surface area contributed by atoms with Crippen LogP contribution in [-0.2, 0) is 9.59 Å². The van der Waals surface area contributed by atoms with Crippen LogP contribution in [0, 0.1) is 0 Å². The fourth-order valence-electron chi connectivity index (χ4n) is 0.858. The highest BCUT2D eigenvalue weighted by atomic mass is 79.9. The zero-order chi connectivity index (χ0) is 11.3. The molecule has 2 N–H and O–H groups in total. The van der Waals surface area contributed by atoms with E-state index in [1.807, 2.05) is 0 Å². The number of nitrogens with one attached hydrogen (secondary N) is 2. The first kappa shape index (κ1) is 12.7. The maximum atomic E-state index is 11.1. The molecule has 4 nitrogen and oxygen atoms in total. The van der Waals surface area contributed by atoms with Gasteiger partial charge in [-0.15, -0.1) is 11.3 Å². The zero-order valence-electron chi connectivity index (χ0n) is 7.55. The summed E-state index contributed by atoms with van der Waals surface area (Å²) >= 11 is 7.50. The number of anilines is 2. The Bertz CT molecular complexity index is 335. The maximum Gasteiger partial charge on any atom is 0.235 e. The Balaban J connectivity index is 2.69. The van der Waals surface area contributed by atoms with Gasteiger partial charge in [0, 0.05) is 10.8 Å². The molecule has 0 unspecified atom stereocenters. The van der Waals surface area contributed by atoms with E-state index in [0.717, 1.165) is 0 Å². The molecule has 0 aliphatic heterocycles. The van der Waals surface area contributed by atoms with Gasteiger partial charge >= 0.3 is 0 Å². The Morgan fingerprint density at radius 1 is 1.07 bits per heavy atom. The van der Waals surface area contributed by atoms with Gasteiger partial charge in [-0.1, -0.05) is 31.9 Å². The van der Waals surface area contributed by atoms with Gasteiger partial charge in [-0.25, -0.2) is 0 Å². The molecule has 0 saturated carbocycles. The van der Waals surface area contributed by atoms with Crippen molar-refractivity contribution in [1.82, 2.24) is 0 Å². The second-order valence-corrected chi connectivity index (χ2v) is 4.43. The van der Waals surface area contributed by atoms with Crippen molar-refractivity contribution in [2.24, 2.45) is 0 Å². The Morgan fingerprint density at radius 3 is 1.80 bits per heavy atom. The van der Waals surface area contributed by atoms with Crippen LogP contribution >= 0.6 is 43.2 Å². The number of alkyl halides is 2. The number of carbonyl (C=O) groups excluding carboxylic acids is 2. The highest BCUT2D eigenvalue weighted by molar-refractivity contribution is 9.09. The highest BCUT2D eigenvalue weighted by Crippen LogP contribution is 2.26. The van der Waals surface area contributed by atoms with Gasteiger partial charge in [-0.3, -0.25) is 9.59 Å². The Morgan fingerprint density at radius 2 is 1.47 bits per heavy atom. The Hall–Kier alpha value is -0.400. The minimum absolute atomic E-state index is 0.150. The second-order valence-electron chi connectivity index (χ2n) is 2.56. The molecule has 0 bridgehead atoms. The van der Waals surface area contributed by atoms with E-state index in [-0.39, 0.29) is 22.5 Å². The van der Waals surface area contributed by atoms with Gasteiger partial charge in [0.15, 0.2) is 0 Å². The van der Waals surface area contributed by atoms with Gasteiger partial charge in [0.05, 0.1) is 22.0 Å². The smallest absolute Gasteiger partial charge is 0.235 e. The zero-order valence-corrected chi connectivity index (χ0v) is 11.5. The summed E-state index contributed by atoms with van der Waals surface area (Å²) in [5.74, 6) is -0.300. The van der Waals surface area contributed by atoms with Crippen LogP contribution in [-0.4, -0.2) is 22.5 Å². The molecular weight excluding hydrogens is 348 g/mol. The molecule has 1 aromatic rings. The molecular formula is C8H8Br2N2O2S. The van der Waals surface area contributed by atoms with Gasteiger partial charge < -0.3 is 10.6 Å². The Kier molecular flexibility index (Phi) is 5.27. The largest absolute Gasteiger partial charge is 0.323 e. The van der Waals surface area contributed by atoms with Crippen molar-refractivity contribution in [3.8, 4) is 0 Å². The van der Waals surface area contributed by atoms with Gasteiger partial charge in [0.2, 0.25) is 11.8 Å². The van der Waals surface area contributed by atoms with Gasteiger partial charge in [-0.05, 0) is 0 Å². The van der Waals surface area contributed by atoms with Crippen molar-refractivity contribution in [3.05, 3.63) is 10.8 Å². The van der Waals surface area contributed by atoms with Crippen LogP contribution in [0.25, 0.3) is 0 Å². The number of halogens is 2. The first-order chi connectivity index (χ1) is 7.17. The number of carbonyl (C=O) groups is 2. The standard InChI is InChI=1S/C8H8Br2N2O2S/c9-1-7(13)11-5-3-15-4-6(5)12-8(14)2-10/h3-4H,1-2H2,(H,11,13)(H,12,14). The number of rotatable bonds is 4. The van der Waals surface area contributed by atoms with Crippen LogP contribution < -0.4 is 10.6 Å². The van der Waals surface area contributed by atoms with Crippen LogP contribution in [0.3, 0.4) is 0 Å². The molecule has 0 atom stereocenters. The monoisotopic (exact) mass is 354 g/mol. The van der Waals surface area contributed by atoms with Gasteiger partial charge in [-0.2, -0.15) is 0 Å². The molecule has 0 saturated heterocycles. The molecule has 15 heavy (non-hydrogen) atoms. The number of thiophene rings is 1. The molecule has 1 aromatic heterocycles. The van der Waals surface area contributed by atoms with Crippen LogP contribution in [0.15, 0.2) is 10.8 Å². The molecule has 7 heteroatoms. The van der Waals surface area contributed by atoms with E-state index in [1.165, 1.54) is 11.3 Å². The summed E-state index contributed by atoms with van der Waals surface area (Å²) in [6.07, 6.45) is 0. The first-order valence-corrected chi connectivity index (χ1v) is 7.13. The third-order valence-electron chi connectivity index (χ3n) is 1.45. The number of hydrogen-bond acceptors (Lipinski definition) is 3. The van der Waals surface area contributed by atoms with Crippen molar-refractivity contribution in [2.45, 2.75) is 0 Å². The minimum atomic E-state index is -0.150. The van der Waals surface area contributed by atoms with E-state index in [2.05, 4.69) is 42.5 Å². The van der Waals surface area contributed by atoms with E-state index in [0.29, 0.717) is 11.4 Å². The lowest BCUT2D eigenvalue weighted by molar-refractivity contribution is -0.114. The average molecular weight is 356 g/mol. The third-order valence-corrected chi connectivity index (χ3v) is 3.22. The number of hydrogen-bond donors (Lipinski definition) is 2. The highest BCUT2D eigenvalue weighted by Gasteiger charge is 2.09. The van der Waals surface area contributed by atoms with Crippen LogP contribution in [0.1, 0.15) is 0 Å². The average Bonchev–Trinajstić information content (AvgIpc) is 2.65. The quantitative estimate of drug-likeness (QED) is 0.815. The fourth-order valence-corrected chi connectivity index (χ4v) is 1.85. The summed E-state index contributed by atoms with van der Waals surface area (Å²) in [7, 11) is 0. The molecule has 0 fully saturated rings. The fraction of sp³-hybridized carbons (Fsp3) is 0.250. The molecule has 1 heterocycles. The maximum absolute atomic E-state index is 11.1. The van der Waals surface area contributed by atoms with Crippen molar-refractivity contribution in [2.75, 3.05) is 21.3 Å². The van der Waals surface area contributed by atoms with Crippen molar-refractivity contribution in [1.29, 1.82) is 0 Å². The predicted octanol–water partition coefficient (Wildman–Crippen LogP) is 2.41. The number of amides is 2. The van der Waals surface area contributed by atoms with Gasteiger partial charge in [0.25, 0.3) is 0 Å². The third kappa shape index (κ3) is 3.92. The summed E-state index contributed by atoms with van der Waals surface area (Å²) in [4.78, 5) is 22.2. The summed E-state index contributed by atoms with van der Waals surface area (Å²) in [5.41, 5.74) is 1.25. The first-order valence-electron chi connectivity index (χ1n) is 3.95. The molecule has 0 aromatic carbocycles. The molecule has 2 amide bonds.